The first-order valence-corrected chi connectivity index (χ1v) is 4.34. The lowest BCUT2D eigenvalue weighted by Crippen LogP contribution is -2.18. The molecule has 1 rings (SSSR count). The molecule has 4 N–H and O–H groups in total. The van der Waals surface area contributed by atoms with E-state index in [-0.39, 0.29) is 15.2 Å². The van der Waals surface area contributed by atoms with Gasteiger partial charge in [0.2, 0.25) is 0 Å². The van der Waals surface area contributed by atoms with Crippen molar-refractivity contribution in [2.24, 2.45) is 0 Å². The fourth-order valence-corrected chi connectivity index (χ4v) is 1.22. The van der Waals surface area contributed by atoms with Crippen molar-refractivity contribution in [2.75, 3.05) is 11.5 Å². The van der Waals surface area contributed by atoms with E-state index < -0.39 is 12.1 Å². The number of anilines is 2. The van der Waals surface area contributed by atoms with Crippen LogP contribution >= 0.6 is 22.6 Å². The summed E-state index contributed by atoms with van der Waals surface area (Å²) in [4.78, 5) is 3.57. The van der Waals surface area contributed by atoms with Crippen LogP contribution in [0.25, 0.3) is 0 Å². The molecule has 0 aliphatic heterocycles. The van der Waals surface area contributed by atoms with Crippen molar-refractivity contribution < 1.29 is 17.9 Å². The molecular formula is C6H5F3IN3O. The number of hydrogen-bond acceptors (Lipinski definition) is 4. The van der Waals surface area contributed by atoms with Crippen molar-refractivity contribution in [2.45, 2.75) is 6.36 Å². The summed E-state index contributed by atoms with van der Waals surface area (Å²) in [6.07, 6.45) is -4.76. The zero-order valence-electron chi connectivity index (χ0n) is 6.60. The van der Waals surface area contributed by atoms with Crippen molar-refractivity contribution in [1.82, 2.24) is 4.98 Å². The van der Waals surface area contributed by atoms with Crippen molar-refractivity contribution in [3.8, 4) is 5.75 Å². The fraction of sp³-hybridized carbons (Fsp3) is 0.167. The van der Waals surface area contributed by atoms with Gasteiger partial charge in [0.05, 0.1) is 5.69 Å². The van der Waals surface area contributed by atoms with Crippen molar-refractivity contribution in [3.05, 3.63) is 9.77 Å². The monoisotopic (exact) mass is 319 g/mol. The van der Waals surface area contributed by atoms with Gasteiger partial charge in [-0.25, -0.2) is 4.98 Å². The van der Waals surface area contributed by atoms with Gasteiger partial charge in [-0.3, -0.25) is 0 Å². The van der Waals surface area contributed by atoms with Crippen molar-refractivity contribution in [1.29, 1.82) is 0 Å². The summed E-state index contributed by atoms with van der Waals surface area (Å²) < 4.78 is 39.2. The Morgan fingerprint density at radius 1 is 1.36 bits per heavy atom. The molecule has 0 unspecified atom stereocenters. The summed E-state index contributed by atoms with van der Waals surface area (Å²) in [7, 11) is 0. The van der Waals surface area contributed by atoms with E-state index in [0.717, 1.165) is 6.07 Å². The number of rotatable bonds is 1. The van der Waals surface area contributed by atoms with Gasteiger partial charge in [-0.2, -0.15) is 0 Å². The SMILES string of the molecule is Nc1cc(OC(F)(F)F)c(I)nc1N. The molecule has 1 aromatic rings. The molecule has 14 heavy (non-hydrogen) atoms. The molecule has 0 aliphatic rings. The Kier molecular flexibility index (Phi) is 2.92. The molecule has 0 radical (unpaired) electrons. The van der Waals surface area contributed by atoms with E-state index >= 15 is 0 Å². The summed E-state index contributed by atoms with van der Waals surface area (Å²) in [5, 5.41) is 0. The number of nitrogen functional groups attached to an aromatic ring is 2. The number of ether oxygens (including phenoxy) is 1. The van der Waals surface area contributed by atoms with Gasteiger partial charge in [0.15, 0.2) is 5.75 Å². The smallest absolute Gasteiger partial charge is 0.403 e. The summed E-state index contributed by atoms with van der Waals surface area (Å²) in [5.74, 6) is -0.478. The molecule has 0 atom stereocenters. The topological polar surface area (TPSA) is 74.2 Å². The first-order chi connectivity index (χ1) is 6.29. The van der Waals surface area contributed by atoms with Crippen molar-refractivity contribution in [3.63, 3.8) is 0 Å². The minimum Gasteiger partial charge on any atom is -0.403 e. The molecule has 0 bridgehead atoms. The van der Waals surface area contributed by atoms with Crippen LogP contribution in [0.4, 0.5) is 24.7 Å². The van der Waals surface area contributed by atoms with E-state index in [1.54, 1.807) is 22.6 Å². The Labute approximate surface area is 90.6 Å². The molecule has 0 spiro atoms. The van der Waals surface area contributed by atoms with E-state index in [1.165, 1.54) is 0 Å². The van der Waals surface area contributed by atoms with E-state index in [0.29, 0.717) is 0 Å². The number of halogens is 4. The van der Waals surface area contributed by atoms with Gasteiger partial charge in [0.25, 0.3) is 0 Å². The lowest BCUT2D eigenvalue weighted by Gasteiger charge is -2.11. The molecule has 4 nitrogen and oxygen atoms in total. The third-order valence-electron chi connectivity index (χ3n) is 1.23. The van der Waals surface area contributed by atoms with Crippen LogP contribution in [-0.2, 0) is 0 Å². The number of nitrogens with two attached hydrogens (primary N) is 2. The standard InChI is InChI=1S/C6H5F3IN3O/c7-6(8,9)14-3-1-2(11)5(12)13-4(3)10/h1H,11H2,(H2,12,13). The van der Waals surface area contributed by atoms with Crippen LogP contribution in [-0.4, -0.2) is 11.3 Å². The highest BCUT2D eigenvalue weighted by molar-refractivity contribution is 14.1. The Balaban J connectivity index is 3.04. The highest BCUT2D eigenvalue weighted by Crippen LogP contribution is 2.29. The van der Waals surface area contributed by atoms with E-state index in [2.05, 4.69) is 9.72 Å². The van der Waals surface area contributed by atoms with Crippen molar-refractivity contribution >= 4 is 34.1 Å². The molecule has 0 amide bonds. The van der Waals surface area contributed by atoms with Crippen LogP contribution in [0.1, 0.15) is 0 Å². The molecule has 78 valence electrons. The molecular weight excluding hydrogens is 314 g/mol. The highest BCUT2D eigenvalue weighted by Gasteiger charge is 2.32. The maximum Gasteiger partial charge on any atom is 0.573 e. The van der Waals surface area contributed by atoms with Crippen LogP contribution in [0.15, 0.2) is 6.07 Å². The van der Waals surface area contributed by atoms with Gasteiger partial charge < -0.3 is 16.2 Å². The largest absolute Gasteiger partial charge is 0.573 e. The summed E-state index contributed by atoms with van der Waals surface area (Å²) >= 11 is 1.57. The molecule has 0 aliphatic carbocycles. The first kappa shape index (κ1) is 11.1. The third kappa shape index (κ3) is 2.79. The second-order valence-corrected chi connectivity index (χ2v) is 3.32. The predicted octanol–water partition coefficient (Wildman–Crippen LogP) is 1.75. The van der Waals surface area contributed by atoms with Crippen LogP contribution in [0.2, 0.25) is 0 Å². The molecule has 1 aromatic heterocycles. The Hall–Kier alpha value is -0.930. The number of pyridine rings is 1. The molecule has 8 heteroatoms. The second-order valence-electron chi connectivity index (χ2n) is 2.30. The number of hydrogen-bond donors (Lipinski definition) is 2. The molecule has 0 aromatic carbocycles. The van der Waals surface area contributed by atoms with Crippen LogP contribution in [0, 0.1) is 3.70 Å². The second kappa shape index (κ2) is 3.67. The van der Waals surface area contributed by atoms with Gasteiger partial charge in [0.1, 0.15) is 9.52 Å². The summed E-state index contributed by atoms with van der Waals surface area (Å²) in [6.45, 7) is 0. The maximum atomic E-state index is 11.8. The lowest BCUT2D eigenvalue weighted by molar-refractivity contribution is -0.275. The van der Waals surface area contributed by atoms with Gasteiger partial charge in [-0.05, 0) is 22.6 Å². The molecule has 0 fully saturated rings. The average Bonchev–Trinajstić information content (AvgIpc) is 1.97. The van der Waals surface area contributed by atoms with Gasteiger partial charge in [-0.1, -0.05) is 0 Å². The molecule has 0 saturated carbocycles. The Bertz CT molecular complexity index is 355. The fourth-order valence-electron chi connectivity index (χ4n) is 0.696. The first-order valence-electron chi connectivity index (χ1n) is 3.27. The van der Waals surface area contributed by atoms with E-state index in [1.807, 2.05) is 0 Å². The third-order valence-corrected chi connectivity index (χ3v) is 2.00. The minimum absolute atomic E-state index is 0.00613. The Morgan fingerprint density at radius 3 is 2.43 bits per heavy atom. The quantitative estimate of drug-likeness (QED) is 0.611. The molecule has 1 heterocycles. The van der Waals surface area contributed by atoms with E-state index in [9.17, 15) is 13.2 Å². The number of alkyl halides is 3. The normalized spacial score (nSPS) is 11.4. The molecule has 0 saturated heterocycles. The zero-order valence-corrected chi connectivity index (χ0v) is 8.76. The van der Waals surface area contributed by atoms with Gasteiger partial charge >= 0.3 is 6.36 Å². The van der Waals surface area contributed by atoms with Crippen LogP contribution in [0.5, 0.6) is 5.75 Å². The van der Waals surface area contributed by atoms with Crippen LogP contribution < -0.4 is 16.2 Å². The zero-order chi connectivity index (χ0) is 10.9. The maximum absolute atomic E-state index is 11.8. The predicted molar refractivity (Wildman–Crippen MR) is 52.5 cm³/mol. The number of nitrogens with zero attached hydrogens (tertiary/aromatic N) is 1. The minimum atomic E-state index is -4.76. The highest BCUT2D eigenvalue weighted by atomic mass is 127. The summed E-state index contributed by atoms with van der Waals surface area (Å²) in [5.41, 5.74) is 10.5. The Morgan fingerprint density at radius 2 is 1.93 bits per heavy atom. The number of aromatic nitrogens is 1. The van der Waals surface area contributed by atoms with E-state index in [4.69, 9.17) is 11.5 Å². The summed E-state index contributed by atoms with van der Waals surface area (Å²) in [6, 6.07) is 0.984. The van der Waals surface area contributed by atoms with Crippen LogP contribution in [0.3, 0.4) is 0 Å². The van der Waals surface area contributed by atoms with Gasteiger partial charge in [0, 0.05) is 6.07 Å². The van der Waals surface area contributed by atoms with Gasteiger partial charge in [-0.15, -0.1) is 13.2 Å². The average molecular weight is 319 g/mol. The lowest BCUT2D eigenvalue weighted by atomic mass is 10.4.